The summed E-state index contributed by atoms with van der Waals surface area (Å²) in [7, 11) is 0. The second kappa shape index (κ2) is 5.77. The fourth-order valence-electron chi connectivity index (χ4n) is 5.04. The maximum absolute atomic E-state index is 13.4. The standard InChI is InChI=1S/C20H19NO4/c22-17-12-15-11-16(17)20(21(24)25,18(15)13-7-3-1-4-8-13)19(23)14-9-5-2-6-10-14/h1-10,15-18,22H,11-12H2. The zero-order valence-corrected chi connectivity index (χ0v) is 13.6. The highest BCUT2D eigenvalue weighted by Crippen LogP contribution is 2.61. The fraction of sp³-hybridized carbons (Fsp3) is 0.350. The van der Waals surface area contributed by atoms with E-state index in [0.29, 0.717) is 18.4 Å². The SMILES string of the molecule is O=C(c1ccccc1)C1([N+](=O)[O-])C2CC(CC2O)C1c1ccccc1. The van der Waals surface area contributed by atoms with Crippen LogP contribution in [0.2, 0.25) is 0 Å². The molecule has 0 radical (unpaired) electrons. The molecule has 2 saturated carbocycles. The lowest BCUT2D eigenvalue weighted by molar-refractivity contribution is -0.565. The van der Waals surface area contributed by atoms with E-state index in [-0.39, 0.29) is 5.92 Å². The van der Waals surface area contributed by atoms with Crippen molar-refractivity contribution in [2.24, 2.45) is 11.8 Å². The first-order valence-corrected chi connectivity index (χ1v) is 8.54. The van der Waals surface area contributed by atoms with Gasteiger partial charge in [-0.3, -0.25) is 14.9 Å². The molecule has 5 unspecified atom stereocenters. The molecule has 2 fully saturated rings. The first-order chi connectivity index (χ1) is 12.1. The van der Waals surface area contributed by atoms with Gasteiger partial charge in [0.05, 0.1) is 17.9 Å². The minimum atomic E-state index is -1.80. The van der Waals surface area contributed by atoms with E-state index in [1.165, 1.54) is 0 Å². The van der Waals surface area contributed by atoms with E-state index in [1.54, 1.807) is 30.3 Å². The van der Waals surface area contributed by atoms with Crippen molar-refractivity contribution in [3.05, 3.63) is 81.9 Å². The van der Waals surface area contributed by atoms with Gasteiger partial charge in [-0.1, -0.05) is 60.7 Å². The Hall–Kier alpha value is -2.53. The molecular formula is C20H19NO4. The number of benzene rings is 2. The number of ketones is 1. The van der Waals surface area contributed by atoms with E-state index in [0.717, 1.165) is 5.56 Å². The summed E-state index contributed by atoms with van der Waals surface area (Å²) in [6.45, 7) is 0. The minimum Gasteiger partial charge on any atom is -0.393 e. The molecule has 1 N–H and O–H groups in total. The number of hydrogen-bond donors (Lipinski definition) is 1. The number of carbonyl (C=O) groups excluding carboxylic acids is 1. The summed E-state index contributed by atoms with van der Waals surface area (Å²) < 4.78 is 0. The Morgan fingerprint density at radius 2 is 1.64 bits per heavy atom. The van der Waals surface area contributed by atoms with Gasteiger partial charge in [-0.2, -0.15) is 0 Å². The van der Waals surface area contributed by atoms with Gasteiger partial charge in [0, 0.05) is 10.5 Å². The van der Waals surface area contributed by atoms with Crippen molar-refractivity contribution in [3.8, 4) is 0 Å². The van der Waals surface area contributed by atoms with Crippen molar-refractivity contribution in [2.45, 2.75) is 30.4 Å². The summed E-state index contributed by atoms with van der Waals surface area (Å²) in [6.07, 6.45) is 0.227. The predicted molar refractivity (Wildman–Crippen MR) is 91.9 cm³/mol. The van der Waals surface area contributed by atoms with Crippen LogP contribution in [-0.2, 0) is 0 Å². The van der Waals surface area contributed by atoms with Crippen molar-refractivity contribution in [3.63, 3.8) is 0 Å². The number of hydrogen-bond acceptors (Lipinski definition) is 4. The highest BCUT2D eigenvalue weighted by molar-refractivity contribution is 6.03. The summed E-state index contributed by atoms with van der Waals surface area (Å²) in [4.78, 5) is 25.3. The van der Waals surface area contributed by atoms with Gasteiger partial charge < -0.3 is 5.11 Å². The van der Waals surface area contributed by atoms with Crippen LogP contribution in [0.15, 0.2) is 60.7 Å². The number of fused-ring (bicyclic) bond motifs is 2. The molecular weight excluding hydrogens is 318 g/mol. The molecule has 25 heavy (non-hydrogen) atoms. The molecule has 0 aliphatic heterocycles. The second-order valence-electron chi connectivity index (χ2n) is 7.07. The molecule has 0 amide bonds. The second-order valence-corrected chi connectivity index (χ2v) is 7.07. The number of rotatable bonds is 4. The van der Waals surface area contributed by atoms with Crippen LogP contribution >= 0.6 is 0 Å². The normalized spacial score (nSPS) is 33.3. The number of aliphatic hydroxyl groups is 1. The molecule has 5 atom stereocenters. The van der Waals surface area contributed by atoms with Gasteiger partial charge >= 0.3 is 0 Å². The Morgan fingerprint density at radius 3 is 2.24 bits per heavy atom. The largest absolute Gasteiger partial charge is 0.393 e. The Labute approximate surface area is 145 Å². The van der Waals surface area contributed by atoms with E-state index in [2.05, 4.69) is 0 Å². The highest BCUT2D eigenvalue weighted by atomic mass is 16.6. The van der Waals surface area contributed by atoms with E-state index in [9.17, 15) is 20.0 Å². The molecule has 4 rings (SSSR count). The first kappa shape index (κ1) is 16.0. The number of carbonyl (C=O) groups is 1. The van der Waals surface area contributed by atoms with Crippen molar-refractivity contribution in [2.75, 3.05) is 0 Å². The van der Waals surface area contributed by atoms with E-state index in [1.807, 2.05) is 30.3 Å². The van der Waals surface area contributed by atoms with Crippen LogP contribution in [0.1, 0.15) is 34.7 Å². The Kier molecular flexibility index (Phi) is 3.69. The lowest BCUT2D eigenvalue weighted by Gasteiger charge is -2.37. The summed E-state index contributed by atoms with van der Waals surface area (Å²) in [5.74, 6) is -1.70. The van der Waals surface area contributed by atoms with Gasteiger partial charge in [0.15, 0.2) is 0 Å². The molecule has 2 aliphatic carbocycles. The van der Waals surface area contributed by atoms with Crippen molar-refractivity contribution in [1.82, 2.24) is 0 Å². The van der Waals surface area contributed by atoms with Crippen molar-refractivity contribution in [1.29, 1.82) is 0 Å². The summed E-state index contributed by atoms with van der Waals surface area (Å²) >= 11 is 0. The third-order valence-corrected chi connectivity index (χ3v) is 5.94. The quantitative estimate of drug-likeness (QED) is 0.528. The molecule has 128 valence electrons. The first-order valence-electron chi connectivity index (χ1n) is 8.54. The maximum Gasteiger partial charge on any atom is 0.295 e. The lowest BCUT2D eigenvalue weighted by Crippen LogP contribution is -2.58. The van der Waals surface area contributed by atoms with Crippen molar-refractivity contribution >= 4 is 5.78 Å². The molecule has 0 aromatic heterocycles. The molecule has 2 aromatic rings. The number of nitro groups is 1. The summed E-state index contributed by atoms with van der Waals surface area (Å²) in [5.41, 5.74) is -0.659. The van der Waals surface area contributed by atoms with Crippen LogP contribution in [0.4, 0.5) is 0 Å². The lowest BCUT2D eigenvalue weighted by atomic mass is 9.65. The number of aliphatic hydroxyl groups excluding tert-OH is 1. The zero-order chi connectivity index (χ0) is 17.6. The third-order valence-electron chi connectivity index (χ3n) is 5.94. The maximum atomic E-state index is 13.4. The average Bonchev–Trinajstić information content (AvgIpc) is 3.17. The predicted octanol–water partition coefficient (Wildman–Crippen LogP) is 3.07. The molecule has 0 spiro atoms. The van der Waals surface area contributed by atoms with Gasteiger partial charge in [0.2, 0.25) is 5.78 Å². The number of nitrogens with zero attached hydrogens (tertiary/aromatic N) is 1. The van der Waals surface area contributed by atoms with Gasteiger partial charge in [-0.25, -0.2) is 0 Å². The molecule has 0 saturated heterocycles. The minimum absolute atomic E-state index is 0.0551. The summed E-state index contributed by atoms with van der Waals surface area (Å²) in [5, 5.41) is 22.7. The van der Waals surface area contributed by atoms with E-state index >= 15 is 0 Å². The fourth-order valence-corrected chi connectivity index (χ4v) is 5.04. The number of Topliss-reactive ketones (excluding diaryl/α,β-unsaturated/α-hetero) is 1. The monoisotopic (exact) mass is 337 g/mol. The van der Waals surface area contributed by atoms with Crippen LogP contribution in [0, 0.1) is 22.0 Å². The van der Waals surface area contributed by atoms with Crippen LogP contribution in [0.25, 0.3) is 0 Å². The van der Waals surface area contributed by atoms with Crippen LogP contribution in [0.3, 0.4) is 0 Å². The van der Waals surface area contributed by atoms with Gasteiger partial charge in [0.25, 0.3) is 5.54 Å². The van der Waals surface area contributed by atoms with Crippen molar-refractivity contribution < 1.29 is 14.8 Å². The molecule has 5 nitrogen and oxygen atoms in total. The van der Waals surface area contributed by atoms with Crippen LogP contribution < -0.4 is 0 Å². The van der Waals surface area contributed by atoms with Gasteiger partial charge in [-0.05, 0) is 24.3 Å². The summed E-state index contributed by atoms with van der Waals surface area (Å²) in [6, 6.07) is 17.7. The van der Waals surface area contributed by atoms with E-state index in [4.69, 9.17) is 0 Å². The molecule has 2 aromatic carbocycles. The average molecular weight is 337 g/mol. The topological polar surface area (TPSA) is 80.4 Å². The molecule has 0 heterocycles. The van der Waals surface area contributed by atoms with Crippen LogP contribution in [0.5, 0.6) is 0 Å². The Balaban J connectivity index is 1.91. The van der Waals surface area contributed by atoms with Crippen LogP contribution in [-0.4, -0.2) is 27.5 Å². The molecule has 5 heteroatoms. The van der Waals surface area contributed by atoms with Gasteiger partial charge in [0.1, 0.15) is 0 Å². The molecule has 2 aliphatic rings. The Bertz CT molecular complexity index is 807. The highest BCUT2D eigenvalue weighted by Gasteiger charge is 2.74. The third kappa shape index (κ3) is 2.15. The van der Waals surface area contributed by atoms with E-state index < -0.39 is 34.2 Å². The smallest absolute Gasteiger partial charge is 0.295 e. The zero-order valence-electron chi connectivity index (χ0n) is 13.6. The Morgan fingerprint density at radius 1 is 1.04 bits per heavy atom. The molecule has 2 bridgehead atoms. The van der Waals surface area contributed by atoms with Gasteiger partial charge in [-0.15, -0.1) is 0 Å².